The Balaban J connectivity index is 1.66. The van der Waals surface area contributed by atoms with Gasteiger partial charge in [-0.2, -0.15) is 0 Å². The van der Waals surface area contributed by atoms with Crippen molar-refractivity contribution in [2.24, 2.45) is 5.73 Å². The number of hydrogen-bond acceptors (Lipinski definition) is 4. The molecule has 0 radical (unpaired) electrons. The number of fused-ring (bicyclic) bond motifs is 1. The maximum atomic E-state index is 12.7. The van der Waals surface area contributed by atoms with Gasteiger partial charge in [-0.1, -0.05) is 66.7 Å². The van der Waals surface area contributed by atoms with Crippen LogP contribution in [0, 0.1) is 0 Å². The Hall–Kier alpha value is -3.67. The van der Waals surface area contributed by atoms with Gasteiger partial charge in [-0.15, -0.1) is 0 Å². The van der Waals surface area contributed by atoms with Crippen LogP contribution in [0.25, 0.3) is 10.8 Å². The van der Waals surface area contributed by atoms with Crippen LogP contribution < -0.4 is 11.1 Å². The Bertz CT molecular complexity index is 996. The molecule has 28 heavy (non-hydrogen) atoms. The molecule has 2 amide bonds. The third-order valence-electron chi connectivity index (χ3n) is 4.30. The van der Waals surface area contributed by atoms with Gasteiger partial charge in [0.1, 0.15) is 12.6 Å². The molecule has 0 unspecified atom stereocenters. The second-order valence-corrected chi connectivity index (χ2v) is 6.31. The fourth-order valence-electron chi connectivity index (χ4n) is 2.85. The smallest absolute Gasteiger partial charge is 0.308 e. The summed E-state index contributed by atoms with van der Waals surface area (Å²) in [5.74, 6) is -1.90. The van der Waals surface area contributed by atoms with E-state index in [1.54, 1.807) is 12.1 Å². The third-order valence-corrected chi connectivity index (χ3v) is 4.30. The number of esters is 1. The van der Waals surface area contributed by atoms with Crippen LogP contribution in [-0.4, -0.2) is 23.8 Å². The molecule has 0 saturated carbocycles. The molecule has 6 nitrogen and oxygen atoms in total. The highest BCUT2D eigenvalue weighted by Gasteiger charge is 2.23. The number of nitrogens with one attached hydrogen (secondary N) is 1. The van der Waals surface area contributed by atoms with Gasteiger partial charge >= 0.3 is 5.97 Å². The second-order valence-electron chi connectivity index (χ2n) is 6.31. The minimum atomic E-state index is -1.16. The van der Waals surface area contributed by atoms with Gasteiger partial charge < -0.3 is 15.8 Å². The first-order valence-electron chi connectivity index (χ1n) is 8.82. The predicted molar refractivity (Wildman–Crippen MR) is 105 cm³/mol. The van der Waals surface area contributed by atoms with Gasteiger partial charge in [0.05, 0.1) is 6.42 Å². The minimum absolute atomic E-state index is 0.0857. The number of ether oxygens (including phenoxy) is 1. The Morgan fingerprint density at radius 3 is 2.32 bits per heavy atom. The van der Waals surface area contributed by atoms with Crippen LogP contribution in [0.15, 0.2) is 72.8 Å². The molecule has 3 aromatic carbocycles. The van der Waals surface area contributed by atoms with E-state index in [2.05, 4.69) is 5.32 Å². The monoisotopic (exact) mass is 376 g/mol. The lowest BCUT2D eigenvalue weighted by Gasteiger charge is -2.16. The molecular weight excluding hydrogens is 356 g/mol. The number of carbonyl (C=O) groups is 3. The second kappa shape index (κ2) is 8.81. The average molecular weight is 376 g/mol. The molecule has 0 aromatic heterocycles. The third kappa shape index (κ3) is 4.73. The summed E-state index contributed by atoms with van der Waals surface area (Å²) in [6.45, 7) is 0.0857. The summed E-state index contributed by atoms with van der Waals surface area (Å²) >= 11 is 0. The molecule has 3 aromatic rings. The number of hydrogen-bond donors (Lipinski definition) is 2. The van der Waals surface area contributed by atoms with E-state index in [4.69, 9.17) is 10.5 Å². The fraction of sp³-hybridized carbons (Fsp3) is 0.136. The van der Waals surface area contributed by atoms with Crippen molar-refractivity contribution >= 4 is 28.6 Å². The molecule has 6 heteroatoms. The van der Waals surface area contributed by atoms with E-state index >= 15 is 0 Å². The summed E-state index contributed by atoms with van der Waals surface area (Å²) in [7, 11) is 0. The van der Waals surface area contributed by atoms with Crippen molar-refractivity contribution in [3.8, 4) is 0 Å². The summed E-state index contributed by atoms with van der Waals surface area (Å²) in [4.78, 5) is 36.5. The zero-order valence-electron chi connectivity index (χ0n) is 15.1. The number of rotatable bonds is 7. The summed E-state index contributed by atoms with van der Waals surface area (Å²) < 4.78 is 5.17. The van der Waals surface area contributed by atoms with Gasteiger partial charge in [-0.3, -0.25) is 14.4 Å². The lowest BCUT2D eigenvalue weighted by molar-refractivity contribution is -0.146. The molecule has 0 heterocycles. The van der Waals surface area contributed by atoms with E-state index in [1.165, 1.54) is 0 Å². The first-order valence-corrected chi connectivity index (χ1v) is 8.82. The lowest BCUT2D eigenvalue weighted by atomic mass is 10.0. The summed E-state index contributed by atoms with van der Waals surface area (Å²) in [5, 5.41) is 4.18. The summed E-state index contributed by atoms with van der Waals surface area (Å²) in [6.07, 6.45) is -0.335. The SMILES string of the molecule is NC(=O)[C@H](CC(=O)OCc1ccccc1)NC(=O)c1cccc2ccccc12. The van der Waals surface area contributed by atoms with Gasteiger partial charge in [0.15, 0.2) is 0 Å². The molecule has 142 valence electrons. The van der Waals surface area contributed by atoms with Crippen molar-refractivity contribution in [1.29, 1.82) is 0 Å². The van der Waals surface area contributed by atoms with Crippen molar-refractivity contribution in [3.63, 3.8) is 0 Å². The van der Waals surface area contributed by atoms with Gasteiger partial charge in [0.25, 0.3) is 5.91 Å². The molecule has 0 aliphatic heterocycles. The zero-order valence-corrected chi connectivity index (χ0v) is 15.1. The largest absolute Gasteiger partial charge is 0.461 e. The van der Waals surface area contributed by atoms with Crippen LogP contribution >= 0.6 is 0 Å². The first-order chi connectivity index (χ1) is 13.5. The zero-order chi connectivity index (χ0) is 19.9. The summed E-state index contributed by atoms with van der Waals surface area (Å²) in [5.41, 5.74) is 6.60. The quantitative estimate of drug-likeness (QED) is 0.619. The Labute approximate surface area is 162 Å². The molecule has 0 aliphatic carbocycles. The fourth-order valence-corrected chi connectivity index (χ4v) is 2.85. The molecule has 3 rings (SSSR count). The Morgan fingerprint density at radius 2 is 1.57 bits per heavy atom. The highest BCUT2D eigenvalue weighted by molar-refractivity contribution is 6.08. The number of carbonyl (C=O) groups excluding carboxylic acids is 3. The van der Waals surface area contributed by atoms with E-state index < -0.39 is 23.8 Å². The Morgan fingerprint density at radius 1 is 0.893 bits per heavy atom. The number of nitrogens with two attached hydrogens (primary N) is 1. The number of benzene rings is 3. The van der Waals surface area contributed by atoms with Gasteiger partial charge in [-0.25, -0.2) is 0 Å². The molecule has 0 bridgehead atoms. The van der Waals surface area contributed by atoms with Gasteiger partial charge in [-0.05, 0) is 22.4 Å². The maximum absolute atomic E-state index is 12.7. The topological polar surface area (TPSA) is 98.5 Å². The van der Waals surface area contributed by atoms with Gasteiger partial charge in [0.2, 0.25) is 5.91 Å². The van der Waals surface area contributed by atoms with Crippen molar-refractivity contribution < 1.29 is 19.1 Å². The van der Waals surface area contributed by atoms with Crippen LogP contribution in [0.5, 0.6) is 0 Å². The minimum Gasteiger partial charge on any atom is -0.461 e. The molecular formula is C22H20N2O4. The molecule has 0 spiro atoms. The van der Waals surface area contributed by atoms with Crippen molar-refractivity contribution in [3.05, 3.63) is 83.9 Å². The normalized spacial score (nSPS) is 11.6. The molecule has 1 atom stereocenters. The Kier molecular flexibility index (Phi) is 6.01. The van der Waals surface area contributed by atoms with E-state index in [-0.39, 0.29) is 13.0 Å². The van der Waals surface area contributed by atoms with Crippen molar-refractivity contribution in [1.82, 2.24) is 5.32 Å². The maximum Gasteiger partial charge on any atom is 0.308 e. The van der Waals surface area contributed by atoms with E-state index in [0.29, 0.717) is 5.56 Å². The van der Waals surface area contributed by atoms with Crippen LogP contribution in [0.2, 0.25) is 0 Å². The molecule has 0 aliphatic rings. The van der Waals surface area contributed by atoms with E-state index in [9.17, 15) is 14.4 Å². The van der Waals surface area contributed by atoms with Crippen molar-refractivity contribution in [2.75, 3.05) is 0 Å². The number of primary amides is 1. The van der Waals surface area contributed by atoms with E-state index in [1.807, 2.05) is 60.7 Å². The molecule has 0 saturated heterocycles. The van der Waals surface area contributed by atoms with Crippen molar-refractivity contribution in [2.45, 2.75) is 19.1 Å². The average Bonchev–Trinajstić information content (AvgIpc) is 2.72. The highest BCUT2D eigenvalue weighted by atomic mass is 16.5. The van der Waals surface area contributed by atoms with Crippen LogP contribution in [0.4, 0.5) is 0 Å². The lowest BCUT2D eigenvalue weighted by Crippen LogP contribution is -2.46. The molecule has 0 fully saturated rings. The first kappa shape index (κ1) is 19.1. The van der Waals surface area contributed by atoms with Crippen LogP contribution in [0.1, 0.15) is 22.3 Å². The van der Waals surface area contributed by atoms with Gasteiger partial charge in [0, 0.05) is 5.56 Å². The van der Waals surface area contributed by atoms with Crippen LogP contribution in [0.3, 0.4) is 0 Å². The summed E-state index contributed by atoms with van der Waals surface area (Å²) in [6, 6.07) is 20.7. The highest BCUT2D eigenvalue weighted by Crippen LogP contribution is 2.18. The predicted octanol–water partition coefficient (Wildman–Crippen LogP) is 2.56. The van der Waals surface area contributed by atoms with E-state index in [0.717, 1.165) is 16.3 Å². The standard InChI is InChI=1S/C22H20N2O4/c23-21(26)19(13-20(25)28-14-15-7-2-1-3-8-15)24-22(27)18-12-6-10-16-9-4-5-11-17(16)18/h1-12,19H,13-14H2,(H2,23,26)(H,24,27)/t19-/m0/s1. The number of amides is 2. The molecule has 3 N–H and O–H groups in total. The van der Waals surface area contributed by atoms with Crippen LogP contribution in [-0.2, 0) is 20.9 Å².